The average Bonchev–Trinajstić information content (AvgIpc) is 2.30. The Bertz CT molecular complexity index is 259. The first-order valence-corrected chi connectivity index (χ1v) is 6.22. The molecular weight excluding hydrogens is 222 g/mol. The van der Waals surface area contributed by atoms with Crippen LogP contribution in [-0.4, -0.2) is 49.7 Å². The highest BCUT2D eigenvalue weighted by Gasteiger charge is 2.26. The van der Waals surface area contributed by atoms with Gasteiger partial charge in [0.05, 0.1) is 25.7 Å². The van der Waals surface area contributed by atoms with Crippen molar-refractivity contribution in [2.24, 2.45) is 5.92 Å². The van der Waals surface area contributed by atoms with Crippen LogP contribution in [0.5, 0.6) is 0 Å². The van der Waals surface area contributed by atoms with E-state index in [1.165, 1.54) is 0 Å². The Morgan fingerprint density at radius 2 is 1.71 bits per heavy atom. The summed E-state index contributed by atoms with van der Waals surface area (Å²) in [6.45, 7) is 6.28. The van der Waals surface area contributed by atoms with Crippen molar-refractivity contribution >= 4 is 11.9 Å². The van der Waals surface area contributed by atoms with Gasteiger partial charge in [-0.1, -0.05) is 0 Å². The highest BCUT2D eigenvalue weighted by molar-refractivity contribution is 5.73. The van der Waals surface area contributed by atoms with Crippen molar-refractivity contribution in [2.45, 2.75) is 26.7 Å². The predicted octanol–water partition coefficient (Wildman–Crippen LogP) is 0.825. The minimum Gasteiger partial charge on any atom is -0.466 e. The third-order valence-electron chi connectivity index (χ3n) is 2.87. The van der Waals surface area contributed by atoms with E-state index in [9.17, 15) is 9.59 Å². The van der Waals surface area contributed by atoms with Crippen molar-refractivity contribution in [3.8, 4) is 0 Å². The molecule has 0 amide bonds. The van der Waals surface area contributed by atoms with E-state index < -0.39 is 0 Å². The van der Waals surface area contributed by atoms with Crippen LogP contribution in [0.1, 0.15) is 26.7 Å². The molecule has 0 spiro atoms. The van der Waals surface area contributed by atoms with Crippen LogP contribution in [0.4, 0.5) is 0 Å². The smallest absolute Gasteiger partial charge is 0.320 e. The van der Waals surface area contributed by atoms with Gasteiger partial charge in [-0.05, 0) is 39.8 Å². The van der Waals surface area contributed by atoms with E-state index in [1.54, 1.807) is 6.92 Å². The lowest BCUT2D eigenvalue weighted by molar-refractivity contribution is -0.150. The van der Waals surface area contributed by atoms with Crippen LogP contribution in [0.2, 0.25) is 0 Å². The largest absolute Gasteiger partial charge is 0.466 e. The molecule has 0 aromatic rings. The molecule has 1 aliphatic rings. The Morgan fingerprint density at radius 1 is 1.12 bits per heavy atom. The molecule has 0 atom stereocenters. The molecule has 1 saturated heterocycles. The van der Waals surface area contributed by atoms with E-state index in [4.69, 9.17) is 9.47 Å². The number of likely N-dealkylation sites (tertiary alicyclic amines) is 1. The van der Waals surface area contributed by atoms with Gasteiger partial charge < -0.3 is 9.47 Å². The molecule has 1 rings (SSSR count). The third kappa shape index (κ3) is 4.73. The highest BCUT2D eigenvalue weighted by atomic mass is 16.5. The molecule has 0 bridgehead atoms. The molecule has 0 unspecified atom stereocenters. The predicted molar refractivity (Wildman–Crippen MR) is 62.4 cm³/mol. The summed E-state index contributed by atoms with van der Waals surface area (Å²) in [5, 5.41) is 0. The third-order valence-corrected chi connectivity index (χ3v) is 2.87. The number of hydrogen-bond donors (Lipinski definition) is 0. The molecule has 1 heterocycles. The van der Waals surface area contributed by atoms with Crippen molar-refractivity contribution in [1.82, 2.24) is 4.90 Å². The Morgan fingerprint density at radius 3 is 2.24 bits per heavy atom. The Labute approximate surface area is 102 Å². The van der Waals surface area contributed by atoms with E-state index in [0.29, 0.717) is 19.8 Å². The van der Waals surface area contributed by atoms with Crippen LogP contribution in [0.25, 0.3) is 0 Å². The summed E-state index contributed by atoms with van der Waals surface area (Å²) in [7, 11) is 0. The lowest BCUT2D eigenvalue weighted by Gasteiger charge is -2.29. The lowest BCUT2D eigenvalue weighted by atomic mass is 9.97. The first kappa shape index (κ1) is 14.0. The number of carbonyl (C=O) groups is 2. The number of ether oxygens (including phenoxy) is 2. The maximum atomic E-state index is 11.5. The zero-order valence-electron chi connectivity index (χ0n) is 10.6. The summed E-state index contributed by atoms with van der Waals surface area (Å²) in [5.41, 5.74) is 0. The van der Waals surface area contributed by atoms with Gasteiger partial charge >= 0.3 is 11.9 Å². The number of carbonyl (C=O) groups excluding carboxylic acids is 2. The quantitative estimate of drug-likeness (QED) is 0.669. The molecule has 5 heteroatoms. The van der Waals surface area contributed by atoms with Crippen molar-refractivity contribution in [2.75, 3.05) is 32.8 Å². The van der Waals surface area contributed by atoms with Crippen LogP contribution in [0.15, 0.2) is 0 Å². The average molecular weight is 243 g/mol. The van der Waals surface area contributed by atoms with Gasteiger partial charge in [0.1, 0.15) is 0 Å². The number of rotatable bonds is 5. The summed E-state index contributed by atoms with van der Waals surface area (Å²) < 4.78 is 9.87. The minimum absolute atomic E-state index is 0.00612. The second-order valence-corrected chi connectivity index (χ2v) is 4.11. The van der Waals surface area contributed by atoms with Crippen LogP contribution in [0.3, 0.4) is 0 Å². The molecule has 0 radical (unpaired) electrons. The van der Waals surface area contributed by atoms with Gasteiger partial charge in [-0.25, -0.2) is 0 Å². The first-order chi connectivity index (χ1) is 8.17. The van der Waals surface area contributed by atoms with Gasteiger partial charge in [0.25, 0.3) is 0 Å². The fraction of sp³-hybridized carbons (Fsp3) is 0.833. The van der Waals surface area contributed by atoms with Gasteiger partial charge in [-0.3, -0.25) is 14.5 Å². The van der Waals surface area contributed by atoms with Crippen molar-refractivity contribution in [3.63, 3.8) is 0 Å². The summed E-state index contributed by atoms with van der Waals surface area (Å²) >= 11 is 0. The van der Waals surface area contributed by atoms with Crippen molar-refractivity contribution < 1.29 is 19.1 Å². The van der Waals surface area contributed by atoms with E-state index >= 15 is 0 Å². The normalized spacial score (nSPS) is 17.8. The van der Waals surface area contributed by atoms with Crippen molar-refractivity contribution in [1.29, 1.82) is 0 Å². The number of nitrogens with zero attached hydrogens (tertiary/aromatic N) is 1. The second-order valence-electron chi connectivity index (χ2n) is 4.11. The molecule has 0 aromatic carbocycles. The number of piperidine rings is 1. The van der Waals surface area contributed by atoms with Gasteiger partial charge in [-0.2, -0.15) is 0 Å². The zero-order valence-corrected chi connectivity index (χ0v) is 10.6. The van der Waals surface area contributed by atoms with Crippen LogP contribution in [0, 0.1) is 5.92 Å². The van der Waals surface area contributed by atoms with E-state index in [-0.39, 0.29) is 17.9 Å². The Balaban J connectivity index is 2.26. The fourth-order valence-corrected chi connectivity index (χ4v) is 1.98. The molecule has 0 aromatic heterocycles. The van der Waals surface area contributed by atoms with Crippen LogP contribution in [-0.2, 0) is 19.1 Å². The lowest BCUT2D eigenvalue weighted by Crippen LogP contribution is -2.40. The Kier molecular flexibility index (Phi) is 5.97. The highest BCUT2D eigenvalue weighted by Crippen LogP contribution is 2.18. The van der Waals surface area contributed by atoms with E-state index in [2.05, 4.69) is 0 Å². The fourth-order valence-electron chi connectivity index (χ4n) is 1.98. The standard InChI is InChI=1S/C12H21NO4/c1-3-16-11(14)9-13-7-5-10(6-8-13)12(15)17-4-2/h10H,3-9H2,1-2H3. The van der Waals surface area contributed by atoms with E-state index in [0.717, 1.165) is 25.9 Å². The molecule has 5 nitrogen and oxygen atoms in total. The Hall–Kier alpha value is -1.10. The minimum atomic E-state index is -0.193. The molecule has 1 fully saturated rings. The maximum absolute atomic E-state index is 11.5. The molecule has 1 aliphatic heterocycles. The second kappa shape index (κ2) is 7.27. The summed E-state index contributed by atoms with van der Waals surface area (Å²) in [5.74, 6) is -0.307. The number of hydrogen-bond acceptors (Lipinski definition) is 5. The zero-order chi connectivity index (χ0) is 12.7. The molecular formula is C12H21NO4. The van der Waals surface area contributed by atoms with Crippen LogP contribution < -0.4 is 0 Å². The van der Waals surface area contributed by atoms with Crippen LogP contribution >= 0.6 is 0 Å². The molecule has 0 aliphatic carbocycles. The summed E-state index contributed by atoms with van der Waals surface area (Å²) in [6, 6.07) is 0. The van der Waals surface area contributed by atoms with Gasteiger partial charge in [0.15, 0.2) is 0 Å². The SMILES string of the molecule is CCOC(=O)CN1CCC(C(=O)OCC)CC1. The van der Waals surface area contributed by atoms with Gasteiger partial charge in [0.2, 0.25) is 0 Å². The molecule has 0 saturated carbocycles. The topological polar surface area (TPSA) is 55.8 Å². The van der Waals surface area contributed by atoms with E-state index in [1.807, 2.05) is 11.8 Å². The van der Waals surface area contributed by atoms with Gasteiger partial charge in [-0.15, -0.1) is 0 Å². The summed E-state index contributed by atoms with van der Waals surface area (Å²) in [4.78, 5) is 24.8. The molecule has 98 valence electrons. The van der Waals surface area contributed by atoms with Crippen molar-refractivity contribution in [3.05, 3.63) is 0 Å². The molecule has 0 N–H and O–H groups in total. The number of esters is 2. The first-order valence-electron chi connectivity index (χ1n) is 6.22. The van der Waals surface area contributed by atoms with Gasteiger partial charge in [0, 0.05) is 0 Å². The maximum Gasteiger partial charge on any atom is 0.320 e. The monoisotopic (exact) mass is 243 g/mol. The molecule has 17 heavy (non-hydrogen) atoms. The summed E-state index contributed by atoms with van der Waals surface area (Å²) in [6.07, 6.45) is 1.52.